The van der Waals surface area contributed by atoms with E-state index in [-0.39, 0.29) is 16.9 Å². The summed E-state index contributed by atoms with van der Waals surface area (Å²) >= 11 is 0. The zero-order valence-corrected chi connectivity index (χ0v) is 17.0. The fourth-order valence-electron chi connectivity index (χ4n) is 4.97. The summed E-state index contributed by atoms with van der Waals surface area (Å²) in [4.78, 5) is 0. The molecule has 1 saturated carbocycles. The van der Waals surface area contributed by atoms with E-state index in [4.69, 9.17) is 0 Å². The quantitative estimate of drug-likeness (QED) is 0.511. The minimum Gasteiger partial charge on any atom is -0.508 e. The van der Waals surface area contributed by atoms with E-state index in [9.17, 15) is 15.3 Å². The lowest BCUT2D eigenvalue weighted by molar-refractivity contribution is 0.314. The van der Waals surface area contributed by atoms with Crippen LogP contribution in [0.3, 0.4) is 0 Å². The number of phenols is 3. The van der Waals surface area contributed by atoms with Crippen molar-refractivity contribution >= 4 is 0 Å². The molecule has 3 nitrogen and oxygen atoms in total. The highest BCUT2D eigenvalue weighted by Gasteiger charge is 2.39. The van der Waals surface area contributed by atoms with Crippen molar-refractivity contribution in [3.8, 4) is 17.2 Å². The van der Waals surface area contributed by atoms with Gasteiger partial charge in [-0.3, -0.25) is 0 Å². The Labute approximate surface area is 172 Å². The van der Waals surface area contributed by atoms with Gasteiger partial charge in [-0.25, -0.2) is 0 Å². The van der Waals surface area contributed by atoms with Gasteiger partial charge in [0.15, 0.2) is 0 Å². The Balaban J connectivity index is 1.68. The molecule has 0 bridgehead atoms. The Morgan fingerprint density at radius 3 is 1.52 bits per heavy atom. The predicted octanol–water partition coefficient (Wildman–Crippen LogP) is 6.06. The lowest BCUT2D eigenvalue weighted by Gasteiger charge is -2.41. The maximum absolute atomic E-state index is 10.1. The molecule has 0 radical (unpaired) electrons. The molecule has 3 aromatic rings. The molecule has 1 fully saturated rings. The molecule has 0 saturated heterocycles. The van der Waals surface area contributed by atoms with Crippen LogP contribution < -0.4 is 0 Å². The van der Waals surface area contributed by atoms with E-state index in [2.05, 4.69) is 12.1 Å². The number of hydrogen-bond acceptors (Lipinski definition) is 3. The summed E-state index contributed by atoms with van der Waals surface area (Å²) < 4.78 is 0. The summed E-state index contributed by atoms with van der Waals surface area (Å²) in [6, 6.07) is 19.4. The molecule has 29 heavy (non-hydrogen) atoms. The van der Waals surface area contributed by atoms with Gasteiger partial charge in [0.1, 0.15) is 17.2 Å². The molecular formula is C26H28O3. The highest BCUT2D eigenvalue weighted by Crippen LogP contribution is 2.49. The van der Waals surface area contributed by atoms with Gasteiger partial charge in [0.25, 0.3) is 0 Å². The summed E-state index contributed by atoms with van der Waals surface area (Å²) in [5.41, 5.74) is 5.47. The fraction of sp³-hybridized carbons (Fsp3) is 0.308. The van der Waals surface area contributed by atoms with Crippen LogP contribution >= 0.6 is 0 Å². The van der Waals surface area contributed by atoms with Gasteiger partial charge in [-0.1, -0.05) is 36.4 Å². The van der Waals surface area contributed by atoms with Crippen molar-refractivity contribution in [1.82, 2.24) is 0 Å². The van der Waals surface area contributed by atoms with E-state index < -0.39 is 0 Å². The summed E-state index contributed by atoms with van der Waals surface area (Å²) in [6.45, 7) is 3.93. The van der Waals surface area contributed by atoms with Gasteiger partial charge in [0.2, 0.25) is 0 Å². The third-order valence-electron chi connectivity index (χ3n) is 6.66. The molecule has 150 valence electrons. The lowest BCUT2D eigenvalue weighted by atomic mass is 9.62. The van der Waals surface area contributed by atoms with Crippen LogP contribution in [0.25, 0.3) is 0 Å². The summed E-state index contributed by atoms with van der Waals surface area (Å²) in [5, 5.41) is 29.6. The number of rotatable bonds is 3. The molecule has 0 aromatic heterocycles. The first-order chi connectivity index (χ1) is 13.9. The standard InChI is InChI=1S/C26H28O3/c1-17-15-20(16-18(2)25(17)29)19-11-13-26(14-12-19,21-3-7-23(27)8-4-21)22-5-9-24(28)10-6-22/h3-10,15-16,19,27-29H,11-14H2,1-2H3. The van der Waals surface area contributed by atoms with Gasteiger partial charge in [0.05, 0.1) is 0 Å². The van der Waals surface area contributed by atoms with Crippen molar-refractivity contribution < 1.29 is 15.3 Å². The molecule has 1 aliphatic carbocycles. The second kappa shape index (κ2) is 7.47. The third-order valence-corrected chi connectivity index (χ3v) is 6.66. The van der Waals surface area contributed by atoms with Crippen LogP contribution in [0.15, 0.2) is 60.7 Å². The van der Waals surface area contributed by atoms with Gasteiger partial charge in [0, 0.05) is 5.41 Å². The number of benzene rings is 3. The lowest BCUT2D eigenvalue weighted by Crippen LogP contribution is -2.32. The molecule has 0 spiro atoms. The van der Waals surface area contributed by atoms with Gasteiger partial charge in [-0.05, 0) is 97.5 Å². The van der Waals surface area contributed by atoms with E-state index in [0.717, 1.165) is 36.8 Å². The maximum atomic E-state index is 10.1. The van der Waals surface area contributed by atoms with Gasteiger partial charge in [-0.2, -0.15) is 0 Å². The smallest absolute Gasteiger partial charge is 0.121 e. The molecular weight excluding hydrogens is 360 g/mol. The molecule has 3 heteroatoms. The second-order valence-electron chi connectivity index (χ2n) is 8.45. The van der Waals surface area contributed by atoms with Crippen LogP contribution in [0.2, 0.25) is 0 Å². The number of hydrogen-bond donors (Lipinski definition) is 3. The number of aromatic hydroxyl groups is 3. The SMILES string of the molecule is Cc1cc(C2CCC(c3ccc(O)cc3)(c3ccc(O)cc3)CC2)cc(C)c1O. The molecule has 0 amide bonds. The van der Waals surface area contributed by atoms with Crippen molar-refractivity contribution in [3.05, 3.63) is 88.5 Å². The highest BCUT2D eigenvalue weighted by atomic mass is 16.3. The first-order valence-electron chi connectivity index (χ1n) is 10.3. The largest absolute Gasteiger partial charge is 0.508 e. The first-order valence-corrected chi connectivity index (χ1v) is 10.3. The minimum atomic E-state index is -0.126. The Kier molecular flexibility index (Phi) is 4.99. The monoisotopic (exact) mass is 388 g/mol. The predicted molar refractivity (Wildman–Crippen MR) is 116 cm³/mol. The maximum Gasteiger partial charge on any atom is 0.121 e. The minimum absolute atomic E-state index is 0.126. The molecule has 0 unspecified atom stereocenters. The molecule has 4 rings (SSSR count). The number of aryl methyl sites for hydroxylation is 2. The molecule has 0 atom stereocenters. The molecule has 0 aliphatic heterocycles. The van der Waals surface area contributed by atoms with Gasteiger partial charge in [-0.15, -0.1) is 0 Å². The second-order valence-corrected chi connectivity index (χ2v) is 8.45. The van der Waals surface area contributed by atoms with Gasteiger partial charge < -0.3 is 15.3 Å². The van der Waals surface area contributed by atoms with E-state index in [1.54, 1.807) is 24.3 Å². The first kappa shape index (κ1) is 19.4. The summed E-state index contributed by atoms with van der Waals surface area (Å²) in [5.74, 6) is 1.42. The zero-order chi connectivity index (χ0) is 20.6. The van der Waals surface area contributed by atoms with E-state index in [1.165, 1.54) is 16.7 Å². The zero-order valence-electron chi connectivity index (χ0n) is 17.0. The highest BCUT2D eigenvalue weighted by molar-refractivity contribution is 5.46. The van der Waals surface area contributed by atoms with Crippen LogP contribution in [-0.4, -0.2) is 15.3 Å². The molecule has 3 aromatic carbocycles. The Morgan fingerprint density at radius 2 is 1.10 bits per heavy atom. The average Bonchev–Trinajstić information content (AvgIpc) is 2.73. The topological polar surface area (TPSA) is 60.7 Å². The fourth-order valence-corrected chi connectivity index (χ4v) is 4.97. The Bertz CT molecular complexity index is 925. The molecule has 3 N–H and O–H groups in total. The van der Waals surface area contributed by atoms with Crippen LogP contribution in [0.4, 0.5) is 0 Å². The van der Waals surface area contributed by atoms with E-state index in [0.29, 0.717) is 11.7 Å². The van der Waals surface area contributed by atoms with E-state index in [1.807, 2.05) is 38.1 Å². The van der Waals surface area contributed by atoms with Crippen molar-refractivity contribution in [3.63, 3.8) is 0 Å². The van der Waals surface area contributed by atoms with E-state index >= 15 is 0 Å². The third kappa shape index (κ3) is 3.57. The summed E-state index contributed by atoms with van der Waals surface area (Å²) in [6.07, 6.45) is 4.08. The normalized spacial score (nSPS) is 16.6. The van der Waals surface area contributed by atoms with Gasteiger partial charge >= 0.3 is 0 Å². The van der Waals surface area contributed by atoms with Crippen molar-refractivity contribution in [1.29, 1.82) is 0 Å². The van der Waals surface area contributed by atoms with Crippen LogP contribution in [0.5, 0.6) is 17.2 Å². The van der Waals surface area contributed by atoms with Crippen LogP contribution in [0, 0.1) is 13.8 Å². The summed E-state index contributed by atoms with van der Waals surface area (Å²) in [7, 11) is 0. The van der Waals surface area contributed by atoms with Crippen LogP contribution in [-0.2, 0) is 5.41 Å². The molecule has 1 aliphatic rings. The Hall–Kier alpha value is -2.94. The van der Waals surface area contributed by atoms with Crippen molar-refractivity contribution in [2.45, 2.75) is 50.9 Å². The van der Waals surface area contributed by atoms with Crippen LogP contribution in [0.1, 0.15) is 59.4 Å². The Morgan fingerprint density at radius 1 is 0.690 bits per heavy atom. The van der Waals surface area contributed by atoms with Crippen molar-refractivity contribution in [2.24, 2.45) is 0 Å². The van der Waals surface area contributed by atoms with Crippen molar-refractivity contribution in [2.75, 3.05) is 0 Å². The number of phenolic OH excluding ortho intramolecular Hbond substituents is 3. The average molecular weight is 389 g/mol. The molecule has 0 heterocycles.